The van der Waals surface area contributed by atoms with Crippen LogP contribution in [0, 0.1) is 24.3 Å². The molecule has 0 amide bonds. The molecule has 0 saturated carbocycles. The van der Waals surface area contributed by atoms with Gasteiger partial charge in [-0.3, -0.25) is 19.9 Å². The molecule has 51 heavy (non-hydrogen) atoms. The molecule has 0 spiro atoms. The number of hydrogen-bond donors (Lipinski definition) is 0. The van der Waals surface area contributed by atoms with E-state index in [2.05, 4.69) is 44.2 Å². The van der Waals surface area contributed by atoms with Gasteiger partial charge in [0, 0.05) is 24.2 Å². The van der Waals surface area contributed by atoms with Crippen LogP contribution in [-0.2, 0) is 42.1 Å². The molecule has 0 N–H and O–H groups in total. The summed E-state index contributed by atoms with van der Waals surface area (Å²) in [5, 5.41) is 3.26. The average Bonchev–Trinajstić information content (AvgIpc) is 3.66. The molecule has 5 aromatic heterocycles. The molecular weight excluding hydrogens is 991 g/mol. The summed E-state index contributed by atoms with van der Waals surface area (Å²) in [6.07, 6.45) is 5.14. The number of fused-ring (bicyclic) bond motifs is 2. The molecule has 0 aliphatic heterocycles. The van der Waals surface area contributed by atoms with Gasteiger partial charge in [0.25, 0.3) is 0 Å². The Bertz CT molecular complexity index is 2110. The van der Waals surface area contributed by atoms with Crippen molar-refractivity contribution in [3.05, 3.63) is 195 Å². The maximum absolute atomic E-state index is 5.26. The Morgan fingerprint density at radius 2 is 0.941 bits per heavy atom. The average molecular weight is 1020 g/mol. The van der Waals surface area contributed by atoms with Gasteiger partial charge in [-0.25, -0.2) is 0 Å². The fraction of sp³-hybridized carbons (Fsp3) is 0. The van der Waals surface area contributed by atoms with Crippen molar-refractivity contribution < 1.29 is 46.5 Å². The van der Waals surface area contributed by atoms with Crippen LogP contribution in [0.3, 0.4) is 0 Å². The third-order valence-corrected chi connectivity index (χ3v) is 7.49. The van der Waals surface area contributed by atoms with E-state index in [1.807, 2.05) is 152 Å². The Morgan fingerprint density at radius 3 is 1.47 bits per heavy atom. The molecule has 9 aromatic rings. The van der Waals surface area contributed by atoms with Gasteiger partial charge < -0.3 is 4.42 Å². The first kappa shape index (κ1) is 36.9. The van der Waals surface area contributed by atoms with Gasteiger partial charge in [-0.1, -0.05) is 36.4 Å². The predicted octanol–water partition coefficient (Wildman–Crippen LogP) is 10.4. The number of furan rings is 1. The van der Waals surface area contributed by atoms with Gasteiger partial charge in [-0.2, -0.15) is 11.5 Å². The molecule has 0 atom stereocenters. The SMILES string of the molecule is [Pt+2].[Pt+2].[c-]1cccc2cc3oc[c-]c3cc12.[c-]1ccccc1-c1cccc(-c2ccccn2)n1.[c-]1ccccc1-c1cccc(-c2ccccn2)n1. The summed E-state index contributed by atoms with van der Waals surface area (Å²) in [6.45, 7) is 0. The first-order chi connectivity index (χ1) is 24.3. The molecule has 5 nitrogen and oxygen atoms in total. The smallest absolute Gasteiger partial charge is 0.536 e. The molecule has 9 rings (SSSR count). The summed E-state index contributed by atoms with van der Waals surface area (Å²) in [4.78, 5) is 17.9. The zero-order chi connectivity index (χ0) is 33.1. The van der Waals surface area contributed by atoms with Crippen molar-refractivity contribution in [3.8, 4) is 45.3 Å². The number of nitrogens with zero attached hydrogens (tertiary/aromatic N) is 4. The Labute approximate surface area is 326 Å². The van der Waals surface area contributed by atoms with Crippen molar-refractivity contribution >= 4 is 21.7 Å². The first-order valence-electron chi connectivity index (χ1n) is 15.7. The van der Waals surface area contributed by atoms with Gasteiger partial charge in [0.2, 0.25) is 0 Å². The summed E-state index contributed by atoms with van der Waals surface area (Å²) >= 11 is 0. The topological polar surface area (TPSA) is 64.7 Å². The number of hydrogen-bond acceptors (Lipinski definition) is 5. The molecule has 4 aromatic carbocycles. The number of pyridine rings is 4. The molecule has 0 unspecified atom stereocenters. The van der Waals surface area contributed by atoms with Gasteiger partial charge in [0.15, 0.2) is 0 Å². The maximum Gasteiger partial charge on any atom is 2.00 e. The third kappa shape index (κ3) is 9.67. The molecule has 0 radical (unpaired) electrons. The van der Waals surface area contributed by atoms with E-state index in [1.54, 1.807) is 18.7 Å². The quantitative estimate of drug-likeness (QED) is 0.164. The predicted molar refractivity (Wildman–Crippen MR) is 195 cm³/mol. The van der Waals surface area contributed by atoms with Crippen LogP contribution < -0.4 is 0 Å². The summed E-state index contributed by atoms with van der Waals surface area (Å²) in [5.74, 6) is 0. The van der Waals surface area contributed by atoms with Crippen LogP contribution >= 0.6 is 0 Å². The fourth-order valence-corrected chi connectivity index (χ4v) is 5.10. The standard InChI is InChI=1S/2C16H11N2.C12H6O.2Pt/c2*1-2-7-13(8-3-1)14-10-6-11-16(18-14)15-9-4-5-12-17-15;1-2-4-10-8-12-11(5-6-13-12)7-9(10)3-1;;/h2*1-7,9-12H;1-2,4,6-8H;;/q2*-1;-2;2*+2. The monoisotopic (exact) mass is 1020 g/mol. The van der Waals surface area contributed by atoms with Crippen molar-refractivity contribution in [2.45, 2.75) is 0 Å². The molecule has 0 aliphatic carbocycles. The second-order valence-corrected chi connectivity index (χ2v) is 10.8. The molecule has 5 heterocycles. The maximum atomic E-state index is 5.26. The van der Waals surface area contributed by atoms with E-state index in [0.29, 0.717) is 0 Å². The fourth-order valence-electron chi connectivity index (χ4n) is 5.10. The minimum Gasteiger partial charge on any atom is -0.536 e. The van der Waals surface area contributed by atoms with E-state index in [4.69, 9.17) is 4.42 Å². The van der Waals surface area contributed by atoms with Crippen molar-refractivity contribution in [1.29, 1.82) is 0 Å². The van der Waals surface area contributed by atoms with Crippen molar-refractivity contribution in [2.75, 3.05) is 0 Å². The number of rotatable bonds is 4. The van der Waals surface area contributed by atoms with Gasteiger partial charge in [-0.15, -0.1) is 119 Å². The molecule has 0 fully saturated rings. The van der Waals surface area contributed by atoms with E-state index < -0.39 is 0 Å². The zero-order valence-electron chi connectivity index (χ0n) is 27.0. The Hall–Kier alpha value is -5.34. The molecule has 0 bridgehead atoms. The largest absolute Gasteiger partial charge is 2.00 e. The zero-order valence-corrected chi connectivity index (χ0v) is 31.5. The second kappa shape index (κ2) is 18.6. The van der Waals surface area contributed by atoms with E-state index in [1.165, 1.54) is 0 Å². The summed E-state index contributed by atoms with van der Waals surface area (Å²) in [6, 6.07) is 61.7. The first-order valence-corrected chi connectivity index (χ1v) is 15.7. The number of aromatic nitrogens is 4. The van der Waals surface area contributed by atoms with Crippen LogP contribution in [0.1, 0.15) is 0 Å². The molecule has 0 saturated heterocycles. The summed E-state index contributed by atoms with van der Waals surface area (Å²) in [5.41, 5.74) is 8.23. The van der Waals surface area contributed by atoms with Crippen LogP contribution in [0.5, 0.6) is 0 Å². The van der Waals surface area contributed by atoms with E-state index in [-0.39, 0.29) is 42.1 Å². The van der Waals surface area contributed by atoms with Crippen LogP contribution in [0.15, 0.2) is 175 Å². The van der Waals surface area contributed by atoms with Crippen molar-refractivity contribution in [1.82, 2.24) is 19.9 Å². The minimum absolute atomic E-state index is 0. The van der Waals surface area contributed by atoms with E-state index >= 15 is 0 Å². The molecule has 0 aliphatic rings. The van der Waals surface area contributed by atoms with E-state index in [9.17, 15) is 0 Å². The van der Waals surface area contributed by atoms with E-state index in [0.717, 1.165) is 67.0 Å². The van der Waals surface area contributed by atoms with Gasteiger partial charge >= 0.3 is 42.1 Å². The Kier molecular flexibility index (Phi) is 13.5. The summed E-state index contributed by atoms with van der Waals surface area (Å²) < 4.78 is 5.26. The Balaban J connectivity index is 0.000000147. The second-order valence-electron chi connectivity index (χ2n) is 10.8. The number of benzene rings is 4. The molecule has 250 valence electrons. The van der Waals surface area contributed by atoms with Crippen LogP contribution in [-0.4, -0.2) is 19.9 Å². The Morgan fingerprint density at radius 1 is 0.412 bits per heavy atom. The van der Waals surface area contributed by atoms with Crippen molar-refractivity contribution in [2.24, 2.45) is 0 Å². The van der Waals surface area contributed by atoms with Crippen LogP contribution in [0.25, 0.3) is 67.0 Å². The van der Waals surface area contributed by atoms with Gasteiger partial charge in [0.05, 0.1) is 22.8 Å². The minimum atomic E-state index is 0. The van der Waals surface area contributed by atoms with Crippen LogP contribution in [0.2, 0.25) is 0 Å². The normalized spacial score (nSPS) is 10.0. The summed E-state index contributed by atoms with van der Waals surface area (Å²) in [7, 11) is 0. The van der Waals surface area contributed by atoms with Crippen LogP contribution in [0.4, 0.5) is 0 Å². The third-order valence-electron chi connectivity index (χ3n) is 7.49. The van der Waals surface area contributed by atoms with Crippen molar-refractivity contribution in [3.63, 3.8) is 0 Å². The van der Waals surface area contributed by atoms with Gasteiger partial charge in [-0.05, 0) is 47.8 Å². The molecule has 7 heteroatoms. The molecular formula is C44H28N4OPt2. The van der Waals surface area contributed by atoms with Gasteiger partial charge in [0.1, 0.15) is 0 Å².